The van der Waals surface area contributed by atoms with Crippen LogP contribution < -0.4 is 9.47 Å². The molecule has 7 heterocycles. The largest absolute Gasteiger partial charge is 0.388 e. The molecule has 10 rings (SSSR count). The second kappa shape index (κ2) is 8.49. The monoisotopic (exact) mass is 567 g/mol. The average Bonchev–Trinajstić information content (AvgIpc) is 3.72. The van der Waals surface area contributed by atoms with Gasteiger partial charge in [-0.2, -0.15) is 4.57 Å². The number of anilines is 1. The van der Waals surface area contributed by atoms with Crippen LogP contribution in [0.15, 0.2) is 95.9 Å². The molecule has 7 atom stereocenters. The number of aromatic amines is 1. The van der Waals surface area contributed by atoms with Gasteiger partial charge in [0.25, 0.3) is 0 Å². The molecule has 43 heavy (non-hydrogen) atoms. The number of para-hydroxylation sites is 2. The minimum Gasteiger partial charge on any atom is -0.388 e. The zero-order valence-corrected chi connectivity index (χ0v) is 25.0. The van der Waals surface area contributed by atoms with E-state index >= 15 is 0 Å². The first kappa shape index (κ1) is 24.7. The molecule has 1 aliphatic carbocycles. The minimum atomic E-state index is -0.450. The summed E-state index contributed by atoms with van der Waals surface area (Å²) in [5, 5.41) is 15.3. The Morgan fingerprint density at radius 1 is 1.00 bits per heavy atom. The molecule has 216 valence electrons. The van der Waals surface area contributed by atoms with Crippen molar-refractivity contribution in [2.24, 2.45) is 17.8 Å². The zero-order valence-electron chi connectivity index (χ0n) is 25.0. The highest BCUT2D eigenvalue weighted by Gasteiger charge is 2.69. The lowest BCUT2D eigenvalue weighted by molar-refractivity contribution is -0.699. The van der Waals surface area contributed by atoms with E-state index in [2.05, 4.69) is 112 Å². The summed E-state index contributed by atoms with van der Waals surface area (Å²) in [6.07, 6.45) is 12.2. The maximum atomic E-state index is 12.7. The fourth-order valence-electron chi connectivity index (χ4n) is 10.9. The van der Waals surface area contributed by atoms with E-state index in [0.29, 0.717) is 18.0 Å². The lowest BCUT2D eigenvalue weighted by Crippen LogP contribution is -2.67. The van der Waals surface area contributed by atoms with Gasteiger partial charge in [0.1, 0.15) is 5.52 Å². The molecule has 2 aromatic heterocycles. The molecule has 4 aromatic rings. The van der Waals surface area contributed by atoms with Crippen LogP contribution >= 0.6 is 0 Å². The van der Waals surface area contributed by atoms with Crippen molar-refractivity contribution in [3.05, 3.63) is 107 Å². The predicted molar refractivity (Wildman–Crippen MR) is 171 cm³/mol. The third-order valence-electron chi connectivity index (χ3n) is 12.7. The highest BCUT2D eigenvalue weighted by molar-refractivity contribution is 6.07. The third kappa shape index (κ3) is 2.93. The van der Waals surface area contributed by atoms with Gasteiger partial charge >= 0.3 is 0 Å². The zero-order chi connectivity index (χ0) is 28.6. The molecule has 2 aromatic carbocycles. The molecule has 2 N–H and O–H groups in total. The van der Waals surface area contributed by atoms with E-state index in [1.807, 2.05) is 0 Å². The first-order chi connectivity index (χ1) is 21.1. The van der Waals surface area contributed by atoms with Crippen LogP contribution in [0.4, 0.5) is 5.69 Å². The van der Waals surface area contributed by atoms with Gasteiger partial charge in [-0.1, -0.05) is 54.1 Å². The van der Waals surface area contributed by atoms with Crippen LogP contribution in [0.2, 0.25) is 0 Å². The SMILES string of the molecule is C/C=C1\C[n+]2ccc3c([nH]c4ccccc43)c2C[C@@H]1C1=CN2c3ccccc3[C@]34CCN5C/C(=C\C)[C@H](C[C@H]53)[C@@H]([C@@H]1O)[C@H]24. The summed E-state index contributed by atoms with van der Waals surface area (Å²) < 4.78 is 2.43. The number of aromatic nitrogens is 2. The number of piperidine rings is 1. The van der Waals surface area contributed by atoms with Crippen molar-refractivity contribution in [2.75, 3.05) is 18.0 Å². The van der Waals surface area contributed by atoms with Crippen molar-refractivity contribution < 1.29 is 9.67 Å². The average molecular weight is 568 g/mol. The van der Waals surface area contributed by atoms with Crippen molar-refractivity contribution >= 4 is 27.5 Å². The van der Waals surface area contributed by atoms with Gasteiger partial charge in [0.05, 0.1) is 12.1 Å². The van der Waals surface area contributed by atoms with E-state index in [4.69, 9.17) is 0 Å². The van der Waals surface area contributed by atoms with E-state index in [-0.39, 0.29) is 17.3 Å². The third-order valence-corrected chi connectivity index (χ3v) is 12.7. The van der Waals surface area contributed by atoms with Crippen molar-refractivity contribution in [3.8, 4) is 0 Å². The van der Waals surface area contributed by atoms with Crippen LogP contribution in [0.1, 0.15) is 37.9 Å². The molecule has 2 saturated heterocycles. The van der Waals surface area contributed by atoms with Crippen molar-refractivity contribution in [3.63, 3.8) is 0 Å². The Morgan fingerprint density at radius 2 is 1.84 bits per heavy atom. The standard InChI is InChI=1S/C38H38N4O/c1-3-22-19-40-15-13-25-24-9-5-7-11-30(24)39-35(25)32(40)17-26(22)28-21-42-31-12-8-6-10-29(31)38-14-16-41-20-23(4-2)27(18-33(38)41)34(36(28)43)37(38)42/h3-13,15,21,26-27,33-34,36-37,43H,14,16-20H2,1-2H3/p+1/b22-3+,23-4+/t26-,27-,33-,34-,36+,37-,38+/m0/s1. The van der Waals surface area contributed by atoms with E-state index in [9.17, 15) is 5.11 Å². The van der Waals surface area contributed by atoms with Gasteiger partial charge in [-0.25, -0.2) is 0 Å². The molecule has 5 aliphatic heterocycles. The number of allylic oxidation sites excluding steroid dienone is 3. The summed E-state index contributed by atoms with van der Waals surface area (Å²) in [6, 6.07) is 21.0. The molecule has 6 aliphatic rings. The fourth-order valence-corrected chi connectivity index (χ4v) is 10.9. The number of aliphatic hydroxyl groups is 1. The predicted octanol–water partition coefficient (Wildman–Crippen LogP) is 5.78. The highest BCUT2D eigenvalue weighted by atomic mass is 16.3. The normalized spacial score (nSPS) is 35.9. The van der Waals surface area contributed by atoms with Gasteiger partial charge in [-0.15, -0.1) is 0 Å². The van der Waals surface area contributed by atoms with Crippen LogP contribution in [0.3, 0.4) is 0 Å². The molecule has 5 heteroatoms. The molecule has 0 amide bonds. The van der Waals surface area contributed by atoms with E-state index < -0.39 is 6.10 Å². The molecular formula is C38H39N4O+. The second-order valence-electron chi connectivity index (χ2n) is 14.0. The van der Waals surface area contributed by atoms with E-state index in [1.165, 1.54) is 62.7 Å². The molecule has 5 nitrogen and oxygen atoms in total. The minimum absolute atomic E-state index is 0.106. The van der Waals surface area contributed by atoms with Crippen molar-refractivity contribution in [1.29, 1.82) is 0 Å². The number of rotatable bonds is 1. The smallest absolute Gasteiger partial charge is 0.206 e. The molecule has 1 spiro atoms. The summed E-state index contributed by atoms with van der Waals surface area (Å²) in [5.74, 6) is 0.806. The van der Waals surface area contributed by atoms with Gasteiger partial charge < -0.3 is 15.0 Å². The van der Waals surface area contributed by atoms with Gasteiger partial charge in [0, 0.05) is 70.5 Å². The first-order valence-corrected chi connectivity index (χ1v) is 16.4. The molecule has 3 fully saturated rings. The number of H-pyrrole nitrogens is 1. The summed E-state index contributed by atoms with van der Waals surface area (Å²) in [6.45, 7) is 7.50. The lowest BCUT2D eigenvalue weighted by atomic mass is 9.53. The molecule has 0 radical (unpaired) electrons. The maximum Gasteiger partial charge on any atom is 0.206 e. The number of nitrogens with zero attached hydrogens (tertiary/aromatic N) is 3. The summed E-state index contributed by atoms with van der Waals surface area (Å²) in [7, 11) is 0. The van der Waals surface area contributed by atoms with E-state index in [0.717, 1.165) is 26.1 Å². The molecule has 1 saturated carbocycles. The number of benzene rings is 2. The molecule has 2 bridgehead atoms. The van der Waals surface area contributed by atoms with Crippen LogP contribution in [0.5, 0.6) is 0 Å². The Balaban J connectivity index is 1.16. The number of fused-ring (bicyclic) bond motifs is 9. The number of aliphatic hydroxyl groups excluding tert-OH is 1. The maximum absolute atomic E-state index is 12.7. The molecular weight excluding hydrogens is 528 g/mol. The van der Waals surface area contributed by atoms with Crippen LogP contribution in [0.25, 0.3) is 21.8 Å². The Hall–Kier alpha value is -3.67. The van der Waals surface area contributed by atoms with Gasteiger partial charge in [-0.3, -0.25) is 4.90 Å². The van der Waals surface area contributed by atoms with Crippen LogP contribution in [0, 0.1) is 17.8 Å². The van der Waals surface area contributed by atoms with Gasteiger partial charge in [0.2, 0.25) is 5.69 Å². The summed E-state index contributed by atoms with van der Waals surface area (Å²) in [5.41, 5.74) is 11.0. The number of nitrogens with one attached hydrogen (secondary N) is 1. The number of pyridine rings is 1. The lowest BCUT2D eigenvalue weighted by Gasteiger charge is -2.59. The van der Waals surface area contributed by atoms with Crippen LogP contribution in [-0.2, 0) is 18.4 Å². The Kier molecular flexibility index (Phi) is 4.88. The Labute approximate surface area is 252 Å². The topological polar surface area (TPSA) is 46.4 Å². The Bertz CT molecular complexity index is 1950. The first-order valence-electron chi connectivity index (χ1n) is 16.4. The van der Waals surface area contributed by atoms with Crippen molar-refractivity contribution in [2.45, 2.75) is 63.3 Å². The summed E-state index contributed by atoms with van der Waals surface area (Å²) in [4.78, 5) is 9.20. The highest BCUT2D eigenvalue weighted by Crippen LogP contribution is 2.65. The molecule has 0 unspecified atom stereocenters. The van der Waals surface area contributed by atoms with Gasteiger partial charge in [0.15, 0.2) is 12.7 Å². The number of hydrogen-bond acceptors (Lipinski definition) is 3. The quantitative estimate of drug-likeness (QED) is 0.226. The summed E-state index contributed by atoms with van der Waals surface area (Å²) >= 11 is 0. The van der Waals surface area contributed by atoms with Crippen LogP contribution in [-0.4, -0.2) is 46.3 Å². The van der Waals surface area contributed by atoms with Crippen molar-refractivity contribution in [1.82, 2.24) is 9.88 Å². The van der Waals surface area contributed by atoms with E-state index in [1.54, 1.807) is 5.57 Å². The second-order valence-corrected chi connectivity index (χ2v) is 14.0. The fraction of sp³-hybridized carbons (Fsp3) is 0.395. The van der Waals surface area contributed by atoms with Gasteiger partial charge in [-0.05, 0) is 68.0 Å². The Morgan fingerprint density at radius 3 is 2.72 bits per heavy atom. The number of hydrogen-bond donors (Lipinski definition) is 2.